The van der Waals surface area contributed by atoms with Crippen LogP contribution in [0.15, 0.2) is 48.5 Å². The van der Waals surface area contributed by atoms with Gasteiger partial charge in [0.05, 0.1) is 18.2 Å². The molecule has 4 aromatic rings. The van der Waals surface area contributed by atoms with Crippen LogP contribution in [0.2, 0.25) is 0 Å². The van der Waals surface area contributed by atoms with Gasteiger partial charge in [0, 0.05) is 17.7 Å². The molecule has 4 rings (SSSR count). The predicted octanol–water partition coefficient (Wildman–Crippen LogP) is 6.36. The molecule has 158 valence electrons. The van der Waals surface area contributed by atoms with Crippen LogP contribution in [0.1, 0.15) is 49.0 Å². The van der Waals surface area contributed by atoms with E-state index in [1.165, 1.54) is 18.2 Å². The minimum absolute atomic E-state index is 0.350. The van der Waals surface area contributed by atoms with E-state index in [1.807, 2.05) is 45.0 Å². The van der Waals surface area contributed by atoms with Gasteiger partial charge in [0.25, 0.3) is 0 Å². The maximum Gasteiger partial charge on any atom is 0.160 e. The summed E-state index contributed by atoms with van der Waals surface area (Å²) in [7, 11) is 0. The van der Waals surface area contributed by atoms with Gasteiger partial charge >= 0.3 is 0 Å². The van der Waals surface area contributed by atoms with Crippen molar-refractivity contribution in [3.05, 3.63) is 82.6 Å². The Hall–Kier alpha value is -3.52. The molecule has 4 nitrogen and oxygen atoms in total. The number of fused-ring (bicyclic) bond motifs is 1. The first kappa shape index (κ1) is 22.2. The van der Waals surface area contributed by atoms with E-state index < -0.39 is 0 Å². The van der Waals surface area contributed by atoms with Crippen LogP contribution in [0.3, 0.4) is 0 Å². The standard InChI is InChI=1S/C24H21FN4.C2H6/c1-4-22-28-23-15(2)11-16(3)27-24(23)29(22)14-17-5-7-18(8-6-17)21-12-20(25)10-9-19(21)13-26;1-2/h5-12H,4,14H2,1-3H3;1-2H3. The Morgan fingerprint density at radius 1 is 1.00 bits per heavy atom. The van der Waals surface area contributed by atoms with Crippen molar-refractivity contribution in [2.45, 2.75) is 47.6 Å². The van der Waals surface area contributed by atoms with Crippen molar-refractivity contribution >= 4 is 11.2 Å². The average molecular weight is 415 g/mol. The second-order valence-corrected chi connectivity index (χ2v) is 7.22. The lowest BCUT2D eigenvalue weighted by molar-refractivity contribution is 0.628. The number of imidazole rings is 1. The SMILES string of the molecule is CC.CCc1nc2c(C)cc(C)nc2n1Cc1ccc(-c2cc(F)ccc2C#N)cc1. The summed E-state index contributed by atoms with van der Waals surface area (Å²) >= 11 is 0. The molecule has 0 radical (unpaired) electrons. The molecular weight excluding hydrogens is 387 g/mol. The van der Waals surface area contributed by atoms with Crippen LogP contribution < -0.4 is 0 Å². The molecule has 5 heteroatoms. The molecule has 31 heavy (non-hydrogen) atoms. The van der Waals surface area contributed by atoms with Gasteiger partial charge in [0.15, 0.2) is 5.65 Å². The van der Waals surface area contributed by atoms with Crippen LogP contribution in [0, 0.1) is 31.0 Å². The van der Waals surface area contributed by atoms with Crippen molar-refractivity contribution in [3.8, 4) is 17.2 Å². The molecule has 0 saturated carbocycles. The number of hydrogen-bond donors (Lipinski definition) is 0. The molecule has 0 aliphatic rings. The van der Waals surface area contributed by atoms with Gasteiger partial charge in [-0.3, -0.25) is 0 Å². The van der Waals surface area contributed by atoms with Gasteiger partial charge in [-0.2, -0.15) is 5.26 Å². The highest BCUT2D eigenvalue weighted by molar-refractivity contribution is 5.76. The van der Waals surface area contributed by atoms with E-state index in [2.05, 4.69) is 30.6 Å². The number of aromatic nitrogens is 3. The monoisotopic (exact) mass is 414 g/mol. The van der Waals surface area contributed by atoms with Gasteiger partial charge in [-0.25, -0.2) is 14.4 Å². The fraction of sp³-hybridized carbons (Fsp3) is 0.269. The van der Waals surface area contributed by atoms with Gasteiger partial charge in [-0.05, 0) is 54.8 Å². The minimum Gasteiger partial charge on any atom is -0.308 e. The molecule has 0 bridgehead atoms. The van der Waals surface area contributed by atoms with E-state index in [0.29, 0.717) is 17.7 Å². The third-order valence-corrected chi connectivity index (χ3v) is 5.12. The molecule has 0 atom stereocenters. The van der Waals surface area contributed by atoms with Crippen molar-refractivity contribution in [2.24, 2.45) is 0 Å². The van der Waals surface area contributed by atoms with Crippen molar-refractivity contribution in [1.82, 2.24) is 14.5 Å². The third kappa shape index (κ3) is 4.49. The summed E-state index contributed by atoms with van der Waals surface area (Å²) in [4.78, 5) is 9.51. The van der Waals surface area contributed by atoms with Crippen molar-refractivity contribution in [3.63, 3.8) is 0 Å². The maximum absolute atomic E-state index is 13.7. The topological polar surface area (TPSA) is 54.5 Å². The number of nitrogens with zero attached hydrogens (tertiary/aromatic N) is 4. The second kappa shape index (κ2) is 9.53. The Labute approximate surface area is 183 Å². The van der Waals surface area contributed by atoms with E-state index in [0.717, 1.165) is 45.8 Å². The lowest BCUT2D eigenvalue weighted by atomic mass is 9.99. The first-order chi connectivity index (χ1) is 15.0. The van der Waals surface area contributed by atoms with Gasteiger partial charge in [-0.15, -0.1) is 0 Å². The minimum atomic E-state index is -0.350. The summed E-state index contributed by atoms with van der Waals surface area (Å²) in [5.74, 6) is 0.652. The molecule has 0 aliphatic carbocycles. The van der Waals surface area contributed by atoms with E-state index in [-0.39, 0.29) is 5.82 Å². The van der Waals surface area contributed by atoms with Crippen LogP contribution >= 0.6 is 0 Å². The number of pyridine rings is 1. The first-order valence-corrected chi connectivity index (χ1v) is 10.6. The third-order valence-electron chi connectivity index (χ3n) is 5.12. The van der Waals surface area contributed by atoms with E-state index in [4.69, 9.17) is 9.97 Å². The van der Waals surface area contributed by atoms with Crippen molar-refractivity contribution in [1.29, 1.82) is 5.26 Å². The highest BCUT2D eigenvalue weighted by Crippen LogP contribution is 2.26. The number of nitriles is 1. The molecule has 0 aliphatic heterocycles. The van der Waals surface area contributed by atoms with Crippen LogP contribution in [0.4, 0.5) is 4.39 Å². The summed E-state index contributed by atoms with van der Waals surface area (Å²) in [6.07, 6.45) is 0.821. The molecule has 0 saturated heterocycles. The van der Waals surface area contributed by atoms with Crippen molar-refractivity contribution in [2.75, 3.05) is 0 Å². The summed E-state index contributed by atoms with van der Waals surface area (Å²) in [5, 5.41) is 9.31. The molecule has 0 unspecified atom stereocenters. The Bertz CT molecular complexity index is 1250. The number of aryl methyl sites for hydroxylation is 3. The fourth-order valence-electron chi connectivity index (χ4n) is 3.71. The Morgan fingerprint density at radius 3 is 2.35 bits per heavy atom. The number of benzene rings is 2. The lowest BCUT2D eigenvalue weighted by Gasteiger charge is -2.10. The molecule has 2 aromatic heterocycles. The van der Waals surface area contributed by atoms with Crippen LogP contribution in [-0.4, -0.2) is 14.5 Å². The molecule has 2 aromatic carbocycles. The predicted molar refractivity (Wildman–Crippen MR) is 123 cm³/mol. The molecule has 0 amide bonds. The summed E-state index contributed by atoms with van der Waals surface area (Å²) in [6.45, 7) is 10.8. The summed E-state index contributed by atoms with van der Waals surface area (Å²) in [5.41, 5.74) is 6.94. The Balaban J connectivity index is 0.00000132. The molecule has 0 fully saturated rings. The lowest BCUT2D eigenvalue weighted by Crippen LogP contribution is -2.05. The van der Waals surface area contributed by atoms with Gasteiger partial charge in [0.1, 0.15) is 17.2 Å². The zero-order valence-corrected chi connectivity index (χ0v) is 18.7. The summed E-state index contributed by atoms with van der Waals surface area (Å²) < 4.78 is 15.8. The highest BCUT2D eigenvalue weighted by atomic mass is 19.1. The number of rotatable bonds is 4. The van der Waals surface area contributed by atoms with E-state index >= 15 is 0 Å². The van der Waals surface area contributed by atoms with Crippen LogP contribution in [0.25, 0.3) is 22.3 Å². The Morgan fingerprint density at radius 2 is 1.71 bits per heavy atom. The second-order valence-electron chi connectivity index (χ2n) is 7.22. The van der Waals surface area contributed by atoms with Crippen molar-refractivity contribution < 1.29 is 4.39 Å². The normalized spacial score (nSPS) is 10.5. The molecule has 0 spiro atoms. The van der Waals surface area contributed by atoms with E-state index in [9.17, 15) is 9.65 Å². The Kier molecular flexibility index (Phi) is 6.81. The molecule has 0 N–H and O–H groups in total. The zero-order chi connectivity index (χ0) is 22.5. The maximum atomic E-state index is 13.7. The number of halogens is 1. The smallest absolute Gasteiger partial charge is 0.160 e. The molecule has 2 heterocycles. The zero-order valence-electron chi connectivity index (χ0n) is 18.7. The van der Waals surface area contributed by atoms with E-state index in [1.54, 1.807) is 0 Å². The fourth-order valence-corrected chi connectivity index (χ4v) is 3.71. The molecular formula is C26H27FN4. The summed E-state index contributed by atoms with van der Waals surface area (Å²) in [6, 6.07) is 16.3. The van der Waals surface area contributed by atoms with Crippen LogP contribution in [-0.2, 0) is 13.0 Å². The number of hydrogen-bond acceptors (Lipinski definition) is 3. The van der Waals surface area contributed by atoms with Gasteiger partial charge in [-0.1, -0.05) is 45.0 Å². The highest BCUT2D eigenvalue weighted by Gasteiger charge is 2.14. The quantitative estimate of drug-likeness (QED) is 0.390. The average Bonchev–Trinajstić information content (AvgIpc) is 3.13. The van der Waals surface area contributed by atoms with Gasteiger partial charge < -0.3 is 4.57 Å². The largest absolute Gasteiger partial charge is 0.308 e. The first-order valence-electron chi connectivity index (χ1n) is 10.6. The van der Waals surface area contributed by atoms with Gasteiger partial charge in [0.2, 0.25) is 0 Å². The van der Waals surface area contributed by atoms with Crippen LogP contribution in [0.5, 0.6) is 0 Å².